The highest BCUT2D eigenvalue weighted by Crippen LogP contribution is 2.32. The predicted molar refractivity (Wildman–Crippen MR) is 141 cm³/mol. The summed E-state index contributed by atoms with van der Waals surface area (Å²) in [4.78, 5) is 22.7. The van der Waals surface area contributed by atoms with Crippen LogP contribution >= 0.6 is 0 Å². The summed E-state index contributed by atoms with van der Waals surface area (Å²) >= 11 is 0. The molecule has 0 saturated heterocycles. The highest BCUT2D eigenvalue weighted by atomic mass is 32.2. The zero-order valence-corrected chi connectivity index (χ0v) is 21.8. The second kappa shape index (κ2) is 9.13. The molecule has 5 rings (SSSR count). The standard InChI is InChI=1S/C24H25FN8O4S/c1-12(2)11-32-22-20(33(24(32)34)17-8-6-15(25)19-14(17)10-27-31-19)21(26)29-23(30-22)28-16-7-5-13(38(4,35)36)9-18(16)37-3/h5-10,12H,11H2,1-4H3,(H,27,31)(H3,26,28,29,30). The molecule has 0 spiro atoms. The molecule has 0 unspecified atom stereocenters. The van der Waals surface area contributed by atoms with Crippen molar-refractivity contribution in [1.29, 1.82) is 0 Å². The Morgan fingerprint density at radius 2 is 1.97 bits per heavy atom. The van der Waals surface area contributed by atoms with Crippen molar-refractivity contribution in [3.63, 3.8) is 0 Å². The van der Waals surface area contributed by atoms with E-state index in [1.165, 1.54) is 52.8 Å². The van der Waals surface area contributed by atoms with Crippen molar-refractivity contribution >= 4 is 49.4 Å². The number of hydrogen-bond donors (Lipinski definition) is 3. The van der Waals surface area contributed by atoms with Crippen molar-refractivity contribution in [2.45, 2.75) is 25.3 Å². The number of hydrogen-bond acceptors (Lipinski definition) is 9. The van der Waals surface area contributed by atoms with Gasteiger partial charge in [-0.25, -0.2) is 17.6 Å². The summed E-state index contributed by atoms with van der Waals surface area (Å²) in [5.41, 5.74) is 7.43. The molecule has 0 radical (unpaired) electrons. The maximum Gasteiger partial charge on any atom is 0.335 e. The van der Waals surface area contributed by atoms with Crippen molar-refractivity contribution < 1.29 is 17.5 Å². The molecular weight excluding hydrogens is 515 g/mol. The highest BCUT2D eigenvalue weighted by Gasteiger charge is 2.23. The van der Waals surface area contributed by atoms with Gasteiger partial charge in [0.15, 0.2) is 21.3 Å². The van der Waals surface area contributed by atoms with E-state index in [-0.39, 0.29) is 45.0 Å². The zero-order valence-electron chi connectivity index (χ0n) is 21.0. The minimum absolute atomic E-state index is 0.00444. The van der Waals surface area contributed by atoms with Gasteiger partial charge in [0.25, 0.3) is 0 Å². The summed E-state index contributed by atoms with van der Waals surface area (Å²) in [5, 5.41) is 9.94. The van der Waals surface area contributed by atoms with E-state index in [0.29, 0.717) is 23.3 Å². The van der Waals surface area contributed by atoms with Gasteiger partial charge in [0, 0.05) is 24.3 Å². The van der Waals surface area contributed by atoms with E-state index in [4.69, 9.17) is 10.5 Å². The van der Waals surface area contributed by atoms with Crippen LogP contribution in [0.1, 0.15) is 13.8 Å². The number of nitrogens with two attached hydrogens (primary N) is 1. The lowest BCUT2D eigenvalue weighted by molar-refractivity contribution is 0.415. The van der Waals surface area contributed by atoms with Crippen molar-refractivity contribution in [3.8, 4) is 11.4 Å². The molecule has 3 heterocycles. The van der Waals surface area contributed by atoms with E-state index in [1.807, 2.05) is 13.8 Å². The number of methoxy groups -OCH3 is 1. The second-order valence-electron chi connectivity index (χ2n) is 9.21. The Labute approximate surface area is 216 Å². The smallest absolute Gasteiger partial charge is 0.335 e. The molecule has 38 heavy (non-hydrogen) atoms. The monoisotopic (exact) mass is 540 g/mol. The first kappa shape index (κ1) is 25.2. The van der Waals surface area contributed by atoms with Crippen LogP contribution in [0.5, 0.6) is 5.75 Å². The first-order valence-corrected chi connectivity index (χ1v) is 13.4. The second-order valence-corrected chi connectivity index (χ2v) is 11.2. The van der Waals surface area contributed by atoms with Gasteiger partial charge in [0.1, 0.15) is 22.6 Å². The third-order valence-corrected chi connectivity index (χ3v) is 7.08. The van der Waals surface area contributed by atoms with Crippen LogP contribution in [0.25, 0.3) is 27.8 Å². The Bertz CT molecular complexity index is 1870. The molecule has 5 aromatic rings. The summed E-state index contributed by atoms with van der Waals surface area (Å²) in [5.74, 6) is -0.0923. The Kier molecular flexibility index (Phi) is 6.06. The summed E-state index contributed by atoms with van der Waals surface area (Å²) in [6.45, 7) is 4.25. The molecule has 0 aliphatic heterocycles. The Balaban J connectivity index is 1.71. The van der Waals surface area contributed by atoms with Gasteiger partial charge in [-0.1, -0.05) is 13.8 Å². The lowest BCUT2D eigenvalue weighted by Crippen LogP contribution is -2.25. The number of aromatic amines is 1. The molecule has 0 amide bonds. The van der Waals surface area contributed by atoms with Gasteiger partial charge in [0.2, 0.25) is 5.95 Å². The van der Waals surface area contributed by atoms with E-state index < -0.39 is 21.3 Å². The third-order valence-electron chi connectivity index (χ3n) is 5.97. The van der Waals surface area contributed by atoms with Crippen LogP contribution in [-0.2, 0) is 16.4 Å². The van der Waals surface area contributed by atoms with Crippen LogP contribution in [0.15, 0.2) is 46.2 Å². The van der Waals surface area contributed by atoms with Gasteiger partial charge >= 0.3 is 5.69 Å². The molecule has 2 aromatic carbocycles. The van der Waals surface area contributed by atoms with Crippen LogP contribution in [0, 0.1) is 11.7 Å². The minimum atomic E-state index is -3.45. The molecule has 0 fully saturated rings. The quantitative estimate of drug-likeness (QED) is 0.282. The van der Waals surface area contributed by atoms with Gasteiger partial charge in [-0.2, -0.15) is 15.1 Å². The lowest BCUT2D eigenvalue weighted by atomic mass is 10.2. The summed E-state index contributed by atoms with van der Waals surface area (Å²) in [6, 6.07) is 7.06. The van der Waals surface area contributed by atoms with Crippen molar-refractivity contribution in [2.24, 2.45) is 5.92 Å². The first-order chi connectivity index (χ1) is 18.0. The minimum Gasteiger partial charge on any atom is -0.495 e. The van der Waals surface area contributed by atoms with Crippen molar-refractivity contribution in [2.75, 3.05) is 24.4 Å². The van der Waals surface area contributed by atoms with Crippen LogP contribution < -0.4 is 21.5 Å². The number of imidazole rings is 1. The molecule has 198 valence electrons. The number of anilines is 3. The van der Waals surface area contributed by atoms with E-state index in [9.17, 15) is 17.6 Å². The molecular formula is C24H25FN8O4S. The normalized spacial score (nSPS) is 12.1. The maximum absolute atomic E-state index is 14.3. The van der Waals surface area contributed by atoms with Crippen LogP contribution in [-0.4, -0.2) is 51.1 Å². The zero-order chi connectivity index (χ0) is 27.4. The summed E-state index contributed by atoms with van der Waals surface area (Å²) in [6.07, 6.45) is 2.54. The third kappa shape index (κ3) is 4.22. The number of benzene rings is 2. The fraction of sp³-hybridized carbons (Fsp3) is 0.250. The molecule has 4 N–H and O–H groups in total. The van der Waals surface area contributed by atoms with Crippen molar-refractivity contribution in [3.05, 3.63) is 52.8 Å². The number of sulfone groups is 1. The van der Waals surface area contributed by atoms with Gasteiger partial charge < -0.3 is 15.8 Å². The number of ether oxygens (including phenoxy) is 1. The number of rotatable bonds is 7. The van der Waals surface area contributed by atoms with E-state index in [0.717, 1.165) is 6.26 Å². The molecule has 14 heteroatoms. The Morgan fingerprint density at radius 1 is 1.21 bits per heavy atom. The number of H-pyrrole nitrogens is 1. The van der Waals surface area contributed by atoms with Gasteiger partial charge in [-0.15, -0.1) is 0 Å². The van der Waals surface area contributed by atoms with Crippen LogP contribution in [0.2, 0.25) is 0 Å². The average molecular weight is 541 g/mol. The molecule has 12 nitrogen and oxygen atoms in total. The largest absolute Gasteiger partial charge is 0.495 e. The summed E-state index contributed by atoms with van der Waals surface area (Å²) in [7, 11) is -2.04. The van der Waals surface area contributed by atoms with E-state index in [1.54, 1.807) is 0 Å². The number of aromatic nitrogens is 6. The first-order valence-electron chi connectivity index (χ1n) is 11.6. The Morgan fingerprint density at radius 3 is 2.66 bits per heavy atom. The number of nitrogen functional groups attached to an aromatic ring is 1. The molecule has 0 bridgehead atoms. The lowest BCUT2D eigenvalue weighted by Gasteiger charge is -2.13. The van der Waals surface area contributed by atoms with E-state index >= 15 is 0 Å². The number of halogens is 1. The molecule has 3 aromatic heterocycles. The maximum atomic E-state index is 14.3. The SMILES string of the molecule is COc1cc(S(C)(=O)=O)ccc1Nc1nc(N)c2c(n1)n(CC(C)C)c(=O)n2-c1ccc(F)c2[nH]ncc12. The topological polar surface area (TPSA) is 163 Å². The Hall–Kier alpha value is -4.46. The number of nitrogens with one attached hydrogen (secondary N) is 2. The fourth-order valence-corrected chi connectivity index (χ4v) is 4.92. The van der Waals surface area contributed by atoms with Gasteiger partial charge in [-0.3, -0.25) is 14.2 Å². The molecule has 0 saturated carbocycles. The average Bonchev–Trinajstić information content (AvgIpc) is 3.44. The number of nitrogens with zero attached hydrogens (tertiary/aromatic N) is 5. The van der Waals surface area contributed by atoms with Crippen molar-refractivity contribution in [1.82, 2.24) is 29.3 Å². The molecule has 0 aliphatic rings. The van der Waals surface area contributed by atoms with Crippen LogP contribution in [0.3, 0.4) is 0 Å². The summed E-state index contributed by atoms with van der Waals surface area (Å²) < 4.78 is 46.4. The van der Waals surface area contributed by atoms with E-state index in [2.05, 4.69) is 25.5 Å². The predicted octanol–water partition coefficient (Wildman–Crippen LogP) is 2.99. The van der Waals surface area contributed by atoms with Gasteiger partial charge in [0.05, 0.1) is 29.6 Å². The molecule has 0 atom stereocenters. The fourth-order valence-electron chi connectivity index (χ4n) is 4.29. The molecule has 0 aliphatic carbocycles. The number of fused-ring (bicyclic) bond motifs is 2. The van der Waals surface area contributed by atoms with Crippen LogP contribution in [0.4, 0.5) is 21.8 Å². The highest BCUT2D eigenvalue weighted by molar-refractivity contribution is 7.90. The van der Waals surface area contributed by atoms with Gasteiger partial charge in [-0.05, 0) is 30.2 Å².